The molecule has 0 saturated heterocycles. The van der Waals surface area contributed by atoms with Crippen LogP contribution in [0, 0.1) is 0 Å². The zero-order chi connectivity index (χ0) is 18.6. The Hall–Kier alpha value is -3.25. The second-order valence-corrected chi connectivity index (χ2v) is 7.14. The zero-order valence-corrected chi connectivity index (χ0v) is 15.6. The molecule has 0 bridgehead atoms. The van der Waals surface area contributed by atoms with E-state index in [0.717, 1.165) is 21.9 Å². The molecule has 0 radical (unpaired) electrons. The van der Waals surface area contributed by atoms with E-state index in [1.54, 1.807) is 47.8 Å². The molecule has 0 spiro atoms. The van der Waals surface area contributed by atoms with Gasteiger partial charge in [0.05, 0.1) is 10.2 Å². The average molecular weight is 374 g/mol. The molecule has 4 aromatic rings. The van der Waals surface area contributed by atoms with Crippen molar-refractivity contribution in [1.29, 1.82) is 0 Å². The first-order chi connectivity index (χ1) is 13.2. The van der Waals surface area contributed by atoms with E-state index in [0.29, 0.717) is 12.1 Å². The van der Waals surface area contributed by atoms with Crippen molar-refractivity contribution in [2.24, 2.45) is 0 Å². The SMILES string of the molecule is CN(C(=O)c1ccncc1)c1ccc(CNc2nc3ccccc3s2)cc1. The zero-order valence-electron chi connectivity index (χ0n) is 14.8. The number of carbonyl (C=O) groups excluding carboxylic acids is 1. The highest BCUT2D eigenvalue weighted by Crippen LogP contribution is 2.26. The number of aromatic nitrogens is 2. The molecule has 0 fully saturated rings. The third-order valence-corrected chi connectivity index (χ3v) is 5.29. The number of hydrogen-bond donors (Lipinski definition) is 1. The van der Waals surface area contributed by atoms with Gasteiger partial charge in [0.15, 0.2) is 5.13 Å². The van der Waals surface area contributed by atoms with Gasteiger partial charge in [-0.15, -0.1) is 0 Å². The van der Waals surface area contributed by atoms with Gasteiger partial charge in [0.1, 0.15) is 0 Å². The van der Waals surface area contributed by atoms with Crippen LogP contribution in [0.5, 0.6) is 0 Å². The summed E-state index contributed by atoms with van der Waals surface area (Å²) in [6, 6.07) is 19.5. The molecule has 0 saturated carbocycles. The van der Waals surface area contributed by atoms with E-state index >= 15 is 0 Å². The minimum atomic E-state index is -0.0576. The van der Waals surface area contributed by atoms with E-state index in [2.05, 4.69) is 21.4 Å². The molecule has 6 heteroatoms. The van der Waals surface area contributed by atoms with Crippen LogP contribution in [-0.2, 0) is 6.54 Å². The summed E-state index contributed by atoms with van der Waals surface area (Å²) in [4.78, 5) is 22.7. The molecule has 4 rings (SSSR count). The van der Waals surface area contributed by atoms with Crippen molar-refractivity contribution in [2.75, 3.05) is 17.3 Å². The smallest absolute Gasteiger partial charge is 0.258 e. The monoisotopic (exact) mass is 374 g/mol. The fraction of sp³-hybridized carbons (Fsp3) is 0.0952. The number of nitrogens with one attached hydrogen (secondary N) is 1. The lowest BCUT2D eigenvalue weighted by atomic mass is 10.1. The highest BCUT2D eigenvalue weighted by Gasteiger charge is 2.13. The lowest BCUT2D eigenvalue weighted by Gasteiger charge is -2.17. The maximum Gasteiger partial charge on any atom is 0.258 e. The maximum absolute atomic E-state index is 12.5. The van der Waals surface area contributed by atoms with E-state index in [1.165, 1.54) is 4.70 Å². The normalized spacial score (nSPS) is 10.7. The lowest BCUT2D eigenvalue weighted by Crippen LogP contribution is -2.26. The van der Waals surface area contributed by atoms with Gasteiger partial charge in [0.2, 0.25) is 0 Å². The predicted molar refractivity (Wildman–Crippen MR) is 110 cm³/mol. The molecule has 1 N–H and O–H groups in total. The van der Waals surface area contributed by atoms with Gasteiger partial charge in [-0.1, -0.05) is 35.6 Å². The molecule has 0 unspecified atom stereocenters. The topological polar surface area (TPSA) is 58.1 Å². The molecular weight excluding hydrogens is 356 g/mol. The van der Waals surface area contributed by atoms with Crippen LogP contribution in [0.15, 0.2) is 73.1 Å². The number of benzene rings is 2. The Morgan fingerprint density at radius 2 is 1.78 bits per heavy atom. The van der Waals surface area contributed by atoms with E-state index < -0.39 is 0 Å². The van der Waals surface area contributed by atoms with Crippen LogP contribution in [0.3, 0.4) is 0 Å². The molecule has 2 aromatic heterocycles. The van der Waals surface area contributed by atoms with Gasteiger partial charge in [-0.3, -0.25) is 9.78 Å². The summed E-state index contributed by atoms with van der Waals surface area (Å²) in [5, 5.41) is 4.28. The van der Waals surface area contributed by atoms with Gasteiger partial charge >= 0.3 is 0 Å². The minimum absolute atomic E-state index is 0.0576. The molecule has 0 aliphatic carbocycles. The number of carbonyl (C=O) groups is 1. The molecule has 27 heavy (non-hydrogen) atoms. The van der Waals surface area contributed by atoms with Gasteiger partial charge in [0, 0.05) is 37.2 Å². The van der Waals surface area contributed by atoms with Gasteiger partial charge in [-0.2, -0.15) is 0 Å². The second kappa shape index (κ2) is 7.55. The van der Waals surface area contributed by atoms with Gasteiger partial charge in [0.25, 0.3) is 5.91 Å². The van der Waals surface area contributed by atoms with E-state index in [9.17, 15) is 4.79 Å². The first-order valence-corrected chi connectivity index (χ1v) is 9.39. The standard InChI is InChI=1S/C21H18N4OS/c1-25(20(26)16-10-12-22-13-11-16)17-8-6-15(7-9-17)14-23-21-24-18-4-2-3-5-19(18)27-21/h2-13H,14H2,1H3,(H,23,24). The highest BCUT2D eigenvalue weighted by molar-refractivity contribution is 7.22. The van der Waals surface area contributed by atoms with Crippen molar-refractivity contribution < 1.29 is 4.79 Å². The number of hydrogen-bond acceptors (Lipinski definition) is 5. The third kappa shape index (κ3) is 3.80. The Morgan fingerprint density at radius 1 is 1.04 bits per heavy atom. The van der Waals surface area contributed by atoms with Crippen molar-refractivity contribution in [3.05, 3.63) is 84.2 Å². The summed E-state index contributed by atoms with van der Waals surface area (Å²) in [5.74, 6) is -0.0576. The number of thiazole rings is 1. The Balaban J connectivity index is 1.41. The number of rotatable bonds is 5. The first kappa shape index (κ1) is 17.2. The molecule has 5 nitrogen and oxygen atoms in total. The molecule has 2 aromatic carbocycles. The summed E-state index contributed by atoms with van der Waals surface area (Å²) in [5.41, 5.74) is 3.61. The van der Waals surface area contributed by atoms with Crippen LogP contribution in [0.4, 0.5) is 10.8 Å². The largest absolute Gasteiger partial charge is 0.357 e. The minimum Gasteiger partial charge on any atom is -0.357 e. The van der Waals surface area contributed by atoms with Crippen LogP contribution < -0.4 is 10.2 Å². The molecule has 0 atom stereocenters. The van der Waals surface area contributed by atoms with Gasteiger partial charge in [-0.25, -0.2) is 4.98 Å². The van der Waals surface area contributed by atoms with Crippen molar-refractivity contribution in [2.45, 2.75) is 6.54 Å². The molecule has 2 heterocycles. The Morgan fingerprint density at radius 3 is 2.52 bits per heavy atom. The fourth-order valence-corrected chi connectivity index (χ4v) is 3.63. The van der Waals surface area contributed by atoms with Gasteiger partial charge in [-0.05, 0) is 42.0 Å². The number of anilines is 2. The number of amides is 1. The van der Waals surface area contributed by atoms with Crippen LogP contribution in [0.1, 0.15) is 15.9 Å². The van der Waals surface area contributed by atoms with Crippen molar-refractivity contribution >= 4 is 38.3 Å². The van der Waals surface area contributed by atoms with Crippen LogP contribution in [0.2, 0.25) is 0 Å². The fourth-order valence-electron chi connectivity index (χ4n) is 2.77. The summed E-state index contributed by atoms with van der Waals surface area (Å²) in [6.07, 6.45) is 3.25. The van der Waals surface area contributed by atoms with Gasteiger partial charge < -0.3 is 10.2 Å². The van der Waals surface area contributed by atoms with Crippen LogP contribution >= 0.6 is 11.3 Å². The van der Waals surface area contributed by atoms with E-state index in [-0.39, 0.29) is 5.91 Å². The molecular formula is C21H18N4OS. The van der Waals surface area contributed by atoms with Crippen molar-refractivity contribution in [1.82, 2.24) is 9.97 Å². The highest BCUT2D eigenvalue weighted by atomic mass is 32.1. The molecule has 134 valence electrons. The van der Waals surface area contributed by atoms with E-state index in [4.69, 9.17) is 0 Å². The third-order valence-electron chi connectivity index (χ3n) is 4.29. The van der Waals surface area contributed by atoms with Crippen LogP contribution in [-0.4, -0.2) is 22.9 Å². The Kier molecular flexibility index (Phi) is 4.80. The number of para-hydroxylation sites is 1. The molecule has 0 aliphatic rings. The summed E-state index contributed by atoms with van der Waals surface area (Å²) < 4.78 is 1.17. The summed E-state index contributed by atoms with van der Waals surface area (Å²) in [6.45, 7) is 0.683. The number of nitrogens with zero attached hydrogens (tertiary/aromatic N) is 3. The number of pyridine rings is 1. The Labute approximate surface area is 161 Å². The van der Waals surface area contributed by atoms with Crippen molar-refractivity contribution in [3.63, 3.8) is 0 Å². The molecule has 0 aliphatic heterocycles. The van der Waals surface area contributed by atoms with Crippen molar-refractivity contribution in [3.8, 4) is 0 Å². The number of fused-ring (bicyclic) bond motifs is 1. The first-order valence-electron chi connectivity index (χ1n) is 8.57. The lowest BCUT2D eigenvalue weighted by molar-refractivity contribution is 0.0993. The summed E-state index contributed by atoms with van der Waals surface area (Å²) >= 11 is 1.65. The maximum atomic E-state index is 12.5. The Bertz CT molecular complexity index is 1030. The second-order valence-electron chi connectivity index (χ2n) is 6.11. The predicted octanol–water partition coefficient (Wildman–Crippen LogP) is 4.58. The summed E-state index contributed by atoms with van der Waals surface area (Å²) in [7, 11) is 1.77. The van der Waals surface area contributed by atoms with E-state index in [1.807, 2.05) is 42.5 Å². The quantitative estimate of drug-likeness (QED) is 0.555. The average Bonchev–Trinajstić information content (AvgIpc) is 3.15. The molecule has 1 amide bonds. The van der Waals surface area contributed by atoms with Crippen LogP contribution in [0.25, 0.3) is 10.2 Å².